The molecule has 0 unspecified atom stereocenters. The summed E-state index contributed by atoms with van der Waals surface area (Å²) >= 11 is 1.63. The number of aliphatic hydroxyl groups excluding tert-OH is 1. The number of aryl methyl sites for hydroxylation is 2. The molecule has 0 fully saturated rings. The van der Waals surface area contributed by atoms with Crippen molar-refractivity contribution in [2.24, 2.45) is 0 Å². The molecule has 0 saturated heterocycles. The monoisotopic (exact) mass is 295 g/mol. The number of nitriles is 1. The van der Waals surface area contributed by atoms with Gasteiger partial charge in [-0.2, -0.15) is 5.26 Å². The summed E-state index contributed by atoms with van der Waals surface area (Å²) < 4.78 is 0. The van der Waals surface area contributed by atoms with Crippen molar-refractivity contribution in [1.82, 2.24) is 0 Å². The van der Waals surface area contributed by atoms with Crippen molar-refractivity contribution in [3.8, 4) is 6.07 Å². The Kier molecular flexibility index (Phi) is 4.01. The fourth-order valence-electron chi connectivity index (χ4n) is 2.78. The lowest BCUT2D eigenvalue weighted by atomic mass is 10.1. The van der Waals surface area contributed by atoms with Crippen molar-refractivity contribution in [2.75, 3.05) is 0 Å². The van der Waals surface area contributed by atoms with E-state index in [-0.39, 0.29) is 0 Å². The van der Waals surface area contributed by atoms with E-state index >= 15 is 0 Å². The van der Waals surface area contributed by atoms with Crippen molar-refractivity contribution in [3.05, 3.63) is 58.7 Å². The first-order valence-electron chi connectivity index (χ1n) is 7.19. The number of hydrogen-bond acceptors (Lipinski definition) is 3. The maximum absolute atomic E-state index is 9.90. The zero-order chi connectivity index (χ0) is 14.8. The minimum atomic E-state index is -0.533. The maximum atomic E-state index is 9.90. The van der Waals surface area contributed by atoms with Gasteiger partial charge in [-0.25, -0.2) is 0 Å². The van der Waals surface area contributed by atoms with Gasteiger partial charge in [0.25, 0.3) is 0 Å². The van der Waals surface area contributed by atoms with Crippen LogP contribution in [0.25, 0.3) is 0 Å². The Morgan fingerprint density at radius 1 is 1.14 bits per heavy atom. The molecule has 106 valence electrons. The highest BCUT2D eigenvalue weighted by Crippen LogP contribution is 2.36. The second-order valence-corrected chi connectivity index (χ2v) is 6.54. The summed E-state index contributed by atoms with van der Waals surface area (Å²) in [6.07, 6.45) is 3.05. The zero-order valence-corrected chi connectivity index (χ0v) is 12.8. The van der Waals surface area contributed by atoms with Crippen LogP contribution >= 0.6 is 11.8 Å². The van der Waals surface area contributed by atoms with E-state index in [0.29, 0.717) is 5.56 Å². The molecule has 1 N–H and O–H groups in total. The van der Waals surface area contributed by atoms with Crippen molar-refractivity contribution >= 4 is 11.8 Å². The van der Waals surface area contributed by atoms with Crippen LogP contribution in [0.4, 0.5) is 0 Å². The Hall–Kier alpha value is -1.76. The van der Waals surface area contributed by atoms with E-state index in [4.69, 9.17) is 5.26 Å². The Morgan fingerprint density at radius 2 is 1.95 bits per heavy atom. The SMILES string of the molecule is C[C@@H](O)c1ccc(C#N)cc1Sc1ccc2c(c1)CCC2. The third-order valence-corrected chi connectivity index (χ3v) is 4.95. The summed E-state index contributed by atoms with van der Waals surface area (Å²) in [4.78, 5) is 2.13. The lowest BCUT2D eigenvalue weighted by Crippen LogP contribution is -1.95. The summed E-state index contributed by atoms with van der Waals surface area (Å²) in [6, 6.07) is 14.2. The molecule has 2 nitrogen and oxygen atoms in total. The molecule has 1 aliphatic carbocycles. The minimum Gasteiger partial charge on any atom is -0.389 e. The molecular formula is C18H17NOS. The summed E-state index contributed by atoms with van der Waals surface area (Å²) in [7, 11) is 0. The topological polar surface area (TPSA) is 44.0 Å². The molecule has 21 heavy (non-hydrogen) atoms. The molecule has 0 aliphatic heterocycles. The van der Waals surface area contributed by atoms with Crippen LogP contribution in [0.2, 0.25) is 0 Å². The van der Waals surface area contributed by atoms with Gasteiger partial charge in [0.05, 0.1) is 17.7 Å². The van der Waals surface area contributed by atoms with Gasteiger partial charge in [-0.3, -0.25) is 0 Å². The number of rotatable bonds is 3. The number of benzene rings is 2. The number of fused-ring (bicyclic) bond motifs is 1. The van der Waals surface area contributed by atoms with Gasteiger partial charge in [0.1, 0.15) is 0 Å². The third-order valence-electron chi connectivity index (χ3n) is 3.89. The van der Waals surface area contributed by atoms with Crippen LogP contribution < -0.4 is 0 Å². The van der Waals surface area contributed by atoms with Gasteiger partial charge in [0, 0.05) is 9.79 Å². The van der Waals surface area contributed by atoms with E-state index in [1.165, 1.54) is 28.9 Å². The molecule has 1 atom stereocenters. The van der Waals surface area contributed by atoms with Gasteiger partial charge >= 0.3 is 0 Å². The number of aliphatic hydroxyl groups is 1. The van der Waals surface area contributed by atoms with E-state index in [1.54, 1.807) is 24.8 Å². The Labute approximate surface area is 129 Å². The Bertz CT molecular complexity index is 716. The van der Waals surface area contributed by atoms with Crippen molar-refractivity contribution in [3.63, 3.8) is 0 Å². The molecule has 3 heteroatoms. The van der Waals surface area contributed by atoms with Gasteiger partial charge in [0.2, 0.25) is 0 Å². The summed E-state index contributed by atoms with van der Waals surface area (Å²) in [5.74, 6) is 0. The van der Waals surface area contributed by atoms with Crippen molar-refractivity contribution in [2.45, 2.75) is 42.1 Å². The van der Waals surface area contributed by atoms with Crippen LogP contribution in [0.15, 0.2) is 46.2 Å². The molecule has 0 radical (unpaired) electrons. The van der Waals surface area contributed by atoms with Crippen molar-refractivity contribution in [1.29, 1.82) is 5.26 Å². The maximum Gasteiger partial charge on any atom is 0.0992 e. The molecule has 0 bridgehead atoms. The van der Waals surface area contributed by atoms with E-state index in [2.05, 4.69) is 24.3 Å². The van der Waals surface area contributed by atoms with Gasteiger partial charge < -0.3 is 5.11 Å². The smallest absolute Gasteiger partial charge is 0.0992 e. The summed E-state index contributed by atoms with van der Waals surface area (Å²) in [5, 5.41) is 19.0. The molecule has 0 amide bonds. The minimum absolute atomic E-state index is 0.533. The fraction of sp³-hybridized carbons (Fsp3) is 0.278. The molecule has 2 aromatic carbocycles. The zero-order valence-electron chi connectivity index (χ0n) is 12.0. The highest BCUT2D eigenvalue weighted by molar-refractivity contribution is 7.99. The van der Waals surface area contributed by atoms with E-state index in [0.717, 1.165) is 16.9 Å². The second-order valence-electron chi connectivity index (χ2n) is 5.43. The molecule has 0 spiro atoms. The van der Waals surface area contributed by atoms with E-state index in [9.17, 15) is 5.11 Å². The van der Waals surface area contributed by atoms with Gasteiger partial charge in [-0.15, -0.1) is 0 Å². The predicted molar refractivity (Wildman–Crippen MR) is 84.4 cm³/mol. The summed E-state index contributed by atoms with van der Waals surface area (Å²) in [5.41, 5.74) is 4.40. The molecular weight excluding hydrogens is 278 g/mol. The number of hydrogen-bond donors (Lipinski definition) is 1. The van der Waals surface area contributed by atoms with Gasteiger partial charge in [0.15, 0.2) is 0 Å². The highest BCUT2D eigenvalue weighted by atomic mass is 32.2. The first kappa shape index (κ1) is 14.2. The number of nitrogens with zero attached hydrogens (tertiary/aromatic N) is 1. The Morgan fingerprint density at radius 3 is 2.71 bits per heavy atom. The van der Waals surface area contributed by atoms with Crippen molar-refractivity contribution < 1.29 is 5.11 Å². The highest BCUT2D eigenvalue weighted by Gasteiger charge is 2.14. The average molecular weight is 295 g/mol. The predicted octanol–water partition coefficient (Wildman–Crippen LogP) is 4.25. The standard InChI is InChI=1S/C18H17NOS/c1-12(20)17-8-5-13(11-19)9-18(17)21-16-7-6-14-3-2-4-15(14)10-16/h5-10,12,20H,2-4H2,1H3/t12-/m1/s1. The molecule has 0 heterocycles. The normalized spacial score (nSPS) is 14.5. The molecule has 1 aliphatic rings. The van der Waals surface area contributed by atoms with E-state index in [1.807, 2.05) is 12.1 Å². The van der Waals surface area contributed by atoms with Crippen LogP contribution in [-0.4, -0.2) is 5.11 Å². The third kappa shape index (κ3) is 2.97. The van der Waals surface area contributed by atoms with E-state index < -0.39 is 6.10 Å². The molecule has 0 aromatic heterocycles. The fourth-order valence-corrected chi connectivity index (χ4v) is 3.91. The largest absolute Gasteiger partial charge is 0.389 e. The van der Waals surface area contributed by atoms with Gasteiger partial charge in [-0.05, 0) is 67.1 Å². The summed E-state index contributed by atoms with van der Waals surface area (Å²) in [6.45, 7) is 1.76. The van der Waals surface area contributed by atoms with Crippen LogP contribution in [-0.2, 0) is 12.8 Å². The molecule has 0 saturated carbocycles. The van der Waals surface area contributed by atoms with Crippen LogP contribution in [0.3, 0.4) is 0 Å². The first-order valence-corrected chi connectivity index (χ1v) is 8.01. The average Bonchev–Trinajstić information content (AvgIpc) is 2.94. The lowest BCUT2D eigenvalue weighted by Gasteiger charge is -2.12. The second kappa shape index (κ2) is 5.93. The van der Waals surface area contributed by atoms with Gasteiger partial charge in [-0.1, -0.05) is 23.9 Å². The first-order chi connectivity index (χ1) is 10.2. The Balaban J connectivity index is 1.95. The molecule has 3 rings (SSSR count). The lowest BCUT2D eigenvalue weighted by molar-refractivity contribution is 0.196. The van der Waals surface area contributed by atoms with Crippen LogP contribution in [0.5, 0.6) is 0 Å². The molecule has 2 aromatic rings. The van der Waals surface area contributed by atoms with Crippen LogP contribution in [0.1, 0.15) is 41.7 Å². The van der Waals surface area contributed by atoms with Crippen LogP contribution in [0, 0.1) is 11.3 Å². The quantitative estimate of drug-likeness (QED) is 0.920.